The Morgan fingerprint density at radius 1 is 1.14 bits per heavy atom. The van der Waals surface area contributed by atoms with E-state index in [0.717, 1.165) is 12.0 Å². The van der Waals surface area contributed by atoms with Gasteiger partial charge < -0.3 is 15.2 Å². The lowest BCUT2D eigenvalue weighted by Crippen LogP contribution is -2.41. The van der Waals surface area contributed by atoms with Crippen molar-refractivity contribution in [2.24, 2.45) is 5.10 Å². The molecule has 3 N–H and O–H groups in total. The third-order valence-electron chi connectivity index (χ3n) is 4.04. The first-order valence-electron chi connectivity index (χ1n) is 9.08. The summed E-state index contributed by atoms with van der Waals surface area (Å²) in [5.41, 5.74) is 3.90. The smallest absolute Gasteiger partial charge is 0.335 e. The van der Waals surface area contributed by atoms with Crippen LogP contribution in [0.4, 0.5) is 0 Å². The molecular weight excluding hydrogens is 374 g/mol. The van der Waals surface area contributed by atoms with Crippen molar-refractivity contribution < 1.29 is 24.2 Å². The maximum absolute atomic E-state index is 11.7. The first kappa shape index (κ1) is 21.6. The highest BCUT2D eigenvalue weighted by Crippen LogP contribution is 2.14. The van der Waals surface area contributed by atoms with E-state index in [9.17, 15) is 14.4 Å². The Kier molecular flexibility index (Phi) is 7.90. The van der Waals surface area contributed by atoms with Gasteiger partial charge in [0.25, 0.3) is 0 Å². The van der Waals surface area contributed by atoms with Crippen LogP contribution in [0, 0.1) is 0 Å². The van der Waals surface area contributed by atoms with E-state index < -0.39 is 17.8 Å². The zero-order valence-electron chi connectivity index (χ0n) is 16.2. The number of ether oxygens (including phenoxy) is 1. The fraction of sp³-hybridized carbons (Fsp3) is 0.238. The van der Waals surface area contributed by atoms with Gasteiger partial charge in [0, 0.05) is 6.04 Å². The van der Waals surface area contributed by atoms with Gasteiger partial charge in [-0.05, 0) is 48.7 Å². The summed E-state index contributed by atoms with van der Waals surface area (Å²) in [6.07, 6.45) is 2.13. The highest BCUT2D eigenvalue weighted by atomic mass is 16.5. The SMILES string of the molecule is CC[C@H](C)NC(=O)C(=O)N/N=C\c1cccc(OCc2ccc(C(=O)O)cc2)c1. The lowest BCUT2D eigenvalue weighted by atomic mass is 10.1. The van der Waals surface area contributed by atoms with E-state index in [4.69, 9.17) is 9.84 Å². The van der Waals surface area contributed by atoms with E-state index >= 15 is 0 Å². The van der Waals surface area contributed by atoms with Gasteiger partial charge in [0.15, 0.2) is 0 Å². The minimum Gasteiger partial charge on any atom is -0.489 e. The molecular formula is C21H23N3O5. The molecule has 152 valence electrons. The molecule has 0 saturated carbocycles. The number of benzene rings is 2. The summed E-state index contributed by atoms with van der Waals surface area (Å²) in [5, 5.41) is 15.2. The normalized spacial score (nSPS) is 11.7. The van der Waals surface area contributed by atoms with Crippen LogP contribution in [0.3, 0.4) is 0 Å². The lowest BCUT2D eigenvalue weighted by Gasteiger charge is -2.09. The Morgan fingerprint density at radius 3 is 2.52 bits per heavy atom. The summed E-state index contributed by atoms with van der Waals surface area (Å²) in [4.78, 5) is 34.2. The molecule has 2 aromatic rings. The number of carbonyl (C=O) groups is 3. The van der Waals surface area contributed by atoms with Crippen LogP contribution < -0.4 is 15.5 Å². The number of carbonyl (C=O) groups excluding carboxylic acids is 2. The van der Waals surface area contributed by atoms with Crippen molar-refractivity contribution in [2.45, 2.75) is 32.9 Å². The highest BCUT2D eigenvalue weighted by Gasteiger charge is 2.14. The highest BCUT2D eigenvalue weighted by molar-refractivity contribution is 6.35. The van der Waals surface area contributed by atoms with Crippen LogP contribution in [0.5, 0.6) is 5.75 Å². The molecule has 0 spiro atoms. The number of rotatable bonds is 8. The van der Waals surface area contributed by atoms with Crippen LogP contribution in [-0.4, -0.2) is 35.1 Å². The Morgan fingerprint density at radius 2 is 1.86 bits per heavy atom. The second kappa shape index (κ2) is 10.6. The van der Waals surface area contributed by atoms with E-state index in [1.807, 2.05) is 6.92 Å². The molecule has 8 heteroatoms. The molecule has 0 aromatic heterocycles. The maximum Gasteiger partial charge on any atom is 0.335 e. The molecule has 0 fully saturated rings. The number of hydrogen-bond donors (Lipinski definition) is 3. The zero-order valence-corrected chi connectivity index (χ0v) is 16.2. The van der Waals surface area contributed by atoms with Crippen LogP contribution in [0.1, 0.15) is 41.8 Å². The first-order chi connectivity index (χ1) is 13.9. The summed E-state index contributed by atoms with van der Waals surface area (Å²) in [7, 11) is 0. The van der Waals surface area contributed by atoms with Gasteiger partial charge in [-0.25, -0.2) is 10.2 Å². The third-order valence-corrected chi connectivity index (χ3v) is 4.04. The average molecular weight is 397 g/mol. The molecule has 29 heavy (non-hydrogen) atoms. The fourth-order valence-corrected chi connectivity index (χ4v) is 2.20. The van der Waals surface area contributed by atoms with E-state index in [1.54, 1.807) is 43.3 Å². The van der Waals surface area contributed by atoms with Gasteiger partial charge in [0.2, 0.25) is 0 Å². The predicted molar refractivity (Wildman–Crippen MR) is 108 cm³/mol. The molecule has 2 rings (SSSR count). The largest absolute Gasteiger partial charge is 0.489 e. The molecule has 2 aromatic carbocycles. The topological polar surface area (TPSA) is 117 Å². The van der Waals surface area contributed by atoms with Gasteiger partial charge in [-0.15, -0.1) is 0 Å². The summed E-state index contributed by atoms with van der Waals surface area (Å²) in [5.74, 6) is -1.97. The molecule has 0 unspecified atom stereocenters. The number of carboxylic acid groups (broad SMARTS) is 1. The molecule has 0 bridgehead atoms. The summed E-state index contributed by atoms with van der Waals surface area (Å²) in [6, 6.07) is 13.3. The first-order valence-corrected chi connectivity index (χ1v) is 9.08. The van der Waals surface area contributed by atoms with Crippen molar-refractivity contribution in [1.82, 2.24) is 10.7 Å². The minimum absolute atomic E-state index is 0.0913. The summed E-state index contributed by atoms with van der Waals surface area (Å²) in [6.45, 7) is 3.98. The van der Waals surface area contributed by atoms with Gasteiger partial charge in [-0.2, -0.15) is 5.10 Å². The molecule has 0 saturated heterocycles. The average Bonchev–Trinajstić information content (AvgIpc) is 2.72. The molecule has 0 aliphatic rings. The monoisotopic (exact) mass is 397 g/mol. The van der Waals surface area contributed by atoms with Gasteiger partial charge in [-0.1, -0.05) is 31.2 Å². The zero-order chi connectivity index (χ0) is 21.2. The van der Waals surface area contributed by atoms with Gasteiger partial charge >= 0.3 is 17.8 Å². The fourth-order valence-electron chi connectivity index (χ4n) is 2.20. The second-order valence-corrected chi connectivity index (χ2v) is 6.35. The van der Waals surface area contributed by atoms with Crippen molar-refractivity contribution in [3.63, 3.8) is 0 Å². The van der Waals surface area contributed by atoms with E-state index in [1.165, 1.54) is 18.3 Å². The predicted octanol–water partition coefficient (Wildman–Crippen LogP) is 2.33. The van der Waals surface area contributed by atoms with Crippen molar-refractivity contribution in [1.29, 1.82) is 0 Å². The van der Waals surface area contributed by atoms with Crippen molar-refractivity contribution in [3.05, 3.63) is 65.2 Å². The summed E-state index contributed by atoms with van der Waals surface area (Å²) >= 11 is 0. The Hall–Kier alpha value is -3.68. The summed E-state index contributed by atoms with van der Waals surface area (Å²) < 4.78 is 5.69. The second-order valence-electron chi connectivity index (χ2n) is 6.35. The number of aromatic carboxylic acids is 1. The number of carboxylic acids is 1. The number of nitrogens with one attached hydrogen (secondary N) is 2. The van der Waals surface area contributed by atoms with Crippen LogP contribution >= 0.6 is 0 Å². The maximum atomic E-state index is 11.7. The van der Waals surface area contributed by atoms with Crippen LogP contribution in [0.2, 0.25) is 0 Å². The Bertz CT molecular complexity index is 893. The number of hydrogen-bond acceptors (Lipinski definition) is 5. The molecule has 0 radical (unpaired) electrons. The van der Waals surface area contributed by atoms with Crippen LogP contribution in [0.25, 0.3) is 0 Å². The molecule has 1 atom stereocenters. The molecule has 0 aliphatic heterocycles. The van der Waals surface area contributed by atoms with Gasteiger partial charge in [0.05, 0.1) is 11.8 Å². The van der Waals surface area contributed by atoms with E-state index in [0.29, 0.717) is 11.3 Å². The van der Waals surface area contributed by atoms with Crippen molar-refractivity contribution >= 4 is 24.0 Å². The molecule has 8 nitrogen and oxygen atoms in total. The van der Waals surface area contributed by atoms with Crippen molar-refractivity contribution in [2.75, 3.05) is 0 Å². The van der Waals surface area contributed by atoms with E-state index in [2.05, 4.69) is 15.8 Å². The molecule has 2 amide bonds. The Labute approximate surface area is 168 Å². The number of nitrogens with zero attached hydrogens (tertiary/aromatic N) is 1. The quantitative estimate of drug-likeness (QED) is 0.359. The van der Waals surface area contributed by atoms with Crippen molar-refractivity contribution in [3.8, 4) is 5.75 Å². The molecule has 0 aliphatic carbocycles. The standard InChI is InChI=1S/C21H23N3O5/c1-3-14(2)23-19(25)20(26)24-22-12-16-5-4-6-18(11-16)29-13-15-7-9-17(10-8-15)21(27)28/h4-12,14H,3,13H2,1-2H3,(H,23,25)(H,24,26)(H,27,28)/b22-12-/t14-/m0/s1. The van der Waals surface area contributed by atoms with Gasteiger partial charge in [-0.3, -0.25) is 9.59 Å². The van der Waals surface area contributed by atoms with E-state index in [-0.39, 0.29) is 18.2 Å². The van der Waals surface area contributed by atoms with Crippen LogP contribution in [-0.2, 0) is 16.2 Å². The number of hydrazone groups is 1. The molecule has 0 heterocycles. The van der Waals surface area contributed by atoms with Gasteiger partial charge in [0.1, 0.15) is 12.4 Å². The lowest BCUT2D eigenvalue weighted by molar-refractivity contribution is -0.139. The minimum atomic E-state index is -0.978. The third kappa shape index (κ3) is 7.10. The van der Waals surface area contributed by atoms with Crippen LogP contribution in [0.15, 0.2) is 53.6 Å². The Balaban J connectivity index is 1.88. The number of amides is 2.